The normalized spacial score (nSPS) is 18.6. The minimum absolute atomic E-state index is 0.0366. The number of esters is 1. The van der Waals surface area contributed by atoms with Gasteiger partial charge in [-0.3, -0.25) is 19.3 Å². The smallest absolute Gasteiger partial charge is 0.318 e. The van der Waals surface area contributed by atoms with Crippen LogP contribution in [0.4, 0.5) is 4.79 Å². The van der Waals surface area contributed by atoms with E-state index >= 15 is 0 Å². The van der Waals surface area contributed by atoms with Gasteiger partial charge in [0, 0.05) is 80.8 Å². The highest BCUT2D eigenvalue weighted by Crippen LogP contribution is 2.28. The number of urea groups is 1. The van der Waals surface area contributed by atoms with E-state index in [0.29, 0.717) is 57.9 Å². The molecular weight excluding hydrogens is 685 g/mol. The number of benzene rings is 2. The molecule has 3 amide bonds. The Hall–Kier alpha value is -4.75. The molecule has 0 unspecified atom stereocenters. The van der Waals surface area contributed by atoms with Gasteiger partial charge in [-0.15, -0.1) is 0 Å². The number of carbonyl (C=O) groups is 3. The van der Waals surface area contributed by atoms with Crippen LogP contribution in [0.1, 0.15) is 68.1 Å². The molecule has 0 radical (unpaired) electrons. The highest BCUT2D eigenvalue weighted by molar-refractivity contribution is 5.88. The Morgan fingerprint density at radius 3 is 2.41 bits per heavy atom. The molecule has 3 fully saturated rings. The molecule has 4 aromatic rings. The zero-order chi connectivity index (χ0) is 37.8. The SMILES string of the molecule is CCCC(=O)OCn1cc2cc(C[C@@H](NC(=O)N3CCC(c4cc5ccccc5[nH]c4=O)CC3)C(=O)N3CCN(C4CCN(C)CC4)CC3)cc(C)c2n1. The van der Waals surface area contributed by atoms with Crippen LogP contribution < -0.4 is 10.9 Å². The standard InChI is InChI=1S/C41H54N8O5/c1-4-7-37(50)54-27-49-26-32-23-29(22-28(2)38(32)44-49)24-36(40(52)47-20-18-46(19-21-47)33-12-14-45(3)15-13-33)43-41(53)48-16-10-30(11-17-48)34-25-31-8-5-6-9-35(31)42-39(34)51/h5-6,8-9,22-23,25-26,30,33,36H,4,7,10-21,24,27H2,1-3H3,(H,42,51)(H,43,53)/t36-/m1/s1. The monoisotopic (exact) mass is 738 g/mol. The summed E-state index contributed by atoms with van der Waals surface area (Å²) < 4.78 is 7.00. The van der Waals surface area contributed by atoms with Crippen LogP contribution in [-0.4, -0.2) is 124 Å². The summed E-state index contributed by atoms with van der Waals surface area (Å²) in [6.07, 6.45) is 6.89. The van der Waals surface area contributed by atoms with Gasteiger partial charge in [-0.25, -0.2) is 9.48 Å². The third-order valence-corrected chi connectivity index (χ3v) is 11.6. The fourth-order valence-corrected chi connectivity index (χ4v) is 8.46. The van der Waals surface area contributed by atoms with Crippen LogP contribution in [0.3, 0.4) is 0 Å². The van der Waals surface area contributed by atoms with E-state index in [4.69, 9.17) is 4.74 Å². The van der Waals surface area contributed by atoms with Crippen molar-refractivity contribution in [3.63, 3.8) is 0 Å². The zero-order valence-electron chi connectivity index (χ0n) is 31.9. The molecule has 2 aromatic heterocycles. The molecule has 0 spiro atoms. The van der Waals surface area contributed by atoms with E-state index in [9.17, 15) is 19.2 Å². The lowest BCUT2D eigenvalue weighted by Gasteiger charge is -2.43. The van der Waals surface area contributed by atoms with Crippen LogP contribution in [0.15, 0.2) is 53.5 Å². The van der Waals surface area contributed by atoms with Gasteiger partial charge in [0.1, 0.15) is 6.04 Å². The quantitative estimate of drug-likeness (QED) is 0.231. The molecule has 0 aliphatic carbocycles. The summed E-state index contributed by atoms with van der Waals surface area (Å²) in [6.45, 7) is 10.0. The van der Waals surface area contributed by atoms with Crippen LogP contribution in [0, 0.1) is 6.92 Å². The average Bonchev–Trinajstić information content (AvgIpc) is 3.60. The fraction of sp³-hybridized carbons (Fsp3) is 0.537. The van der Waals surface area contributed by atoms with Gasteiger partial charge in [0.2, 0.25) is 5.91 Å². The average molecular weight is 739 g/mol. The third-order valence-electron chi connectivity index (χ3n) is 11.6. The maximum atomic E-state index is 14.3. The first kappa shape index (κ1) is 37.6. The number of fused-ring (bicyclic) bond motifs is 2. The number of aromatic amines is 1. The minimum Gasteiger partial charge on any atom is -0.442 e. The molecule has 54 heavy (non-hydrogen) atoms. The van der Waals surface area contributed by atoms with E-state index < -0.39 is 6.04 Å². The number of hydrogen-bond acceptors (Lipinski definition) is 8. The Morgan fingerprint density at radius 1 is 0.926 bits per heavy atom. The molecular formula is C41H54N8O5. The summed E-state index contributed by atoms with van der Waals surface area (Å²) in [6, 6.07) is 13.3. The Bertz CT molecular complexity index is 2020. The van der Waals surface area contributed by atoms with E-state index in [0.717, 1.165) is 83.9 Å². The van der Waals surface area contributed by atoms with Crippen LogP contribution in [0.2, 0.25) is 0 Å². The number of aryl methyl sites for hydroxylation is 1. The molecule has 288 valence electrons. The zero-order valence-corrected chi connectivity index (χ0v) is 31.9. The number of pyridine rings is 1. The second-order valence-electron chi connectivity index (χ2n) is 15.4. The van der Waals surface area contributed by atoms with Crippen molar-refractivity contribution in [2.24, 2.45) is 0 Å². The number of ether oxygens (including phenoxy) is 1. The minimum atomic E-state index is -0.754. The molecule has 13 nitrogen and oxygen atoms in total. The van der Waals surface area contributed by atoms with Crippen molar-refractivity contribution in [1.82, 2.24) is 39.7 Å². The summed E-state index contributed by atoms with van der Waals surface area (Å²) in [5, 5.41) is 9.67. The fourth-order valence-electron chi connectivity index (χ4n) is 8.46. The Kier molecular flexibility index (Phi) is 11.6. The number of aromatic nitrogens is 3. The molecule has 0 bridgehead atoms. The molecule has 13 heteroatoms. The number of nitrogens with one attached hydrogen (secondary N) is 2. The first-order valence-corrected chi connectivity index (χ1v) is 19.7. The lowest BCUT2D eigenvalue weighted by molar-refractivity contribution is -0.147. The van der Waals surface area contributed by atoms with E-state index in [2.05, 4.69) is 32.2 Å². The number of piperidine rings is 2. The number of likely N-dealkylation sites (tertiary alicyclic amines) is 2. The number of hydrogen-bond donors (Lipinski definition) is 2. The maximum absolute atomic E-state index is 14.3. The van der Waals surface area contributed by atoms with Gasteiger partial charge in [0.25, 0.3) is 5.56 Å². The van der Waals surface area contributed by atoms with Crippen LogP contribution in [-0.2, 0) is 27.5 Å². The molecule has 2 N–H and O–H groups in total. The number of rotatable bonds is 10. The number of piperazine rings is 1. The number of amides is 3. The van der Waals surface area contributed by atoms with Gasteiger partial charge >= 0.3 is 12.0 Å². The van der Waals surface area contributed by atoms with E-state index in [1.807, 2.05) is 67.4 Å². The van der Waals surface area contributed by atoms with Gasteiger partial charge in [-0.1, -0.05) is 31.2 Å². The molecule has 1 atom stereocenters. The molecule has 7 rings (SSSR count). The lowest BCUT2D eigenvalue weighted by Crippen LogP contribution is -2.59. The topological polar surface area (TPSA) is 136 Å². The van der Waals surface area contributed by atoms with Gasteiger partial charge in [-0.05, 0) is 99.8 Å². The lowest BCUT2D eigenvalue weighted by atomic mass is 9.89. The van der Waals surface area contributed by atoms with Crippen molar-refractivity contribution in [2.45, 2.75) is 83.5 Å². The van der Waals surface area contributed by atoms with Gasteiger partial charge in [0.15, 0.2) is 6.73 Å². The predicted octanol–water partition coefficient (Wildman–Crippen LogP) is 4.23. The Labute approximate surface area is 316 Å². The van der Waals surface area contributed by atoms with Crippen LogP contribution in [0.5, 0.6) is 0 Å². The summed E-state index contributed by atoms with van der Waals surface area (Å²) in [5.41, 5.74) is 4.16. The van der Waals surface area contributed by atoms with E-state index in [-0.39, 0.29) is 36.1 Å². The van der Waals surface area contributed by atoms with E-state index in [1.54, 1.807) is 9.58 Å². The van der Waals surface area contributed by atoms with Gasteiger partial charge in [0.05, 0.1) is 5.52 Å². The number of H-pyrrole nitrogens is 1. The van der Waals surface area contributed by atoms with Crippen molar-refractivity contribution in [2.75, 3.05) is 59.4 Å². The Balaban J connectivity index is 1.04. The highest BCUT2D eigenvalue weighted by atomic mass is 16.5. The van der Waals surface area contributed by atoms with Crippen LogP contribution >= 0.6 is 0 Å². The van der Waals surface area contributed by atoms with Crippen molar-refractivity contribution in [3.8, 4) is 0 Å². The second kappa shape index (κ2) is 16.7. The van der Waals surface area contributed by atoms with Crippen molar-refractivity contribution < 1.29 is 19.1 Å². The van der Waals surface area contributed by atoms with Crippen LogP contribution in [0.25, 0.3) is 21.8 Å². The predicted molar refractivity (Wildman–Crippen MR) is 208 cm³/mol. The number of nitrogens with zero attached hydrogens (tertiary/aromatic N) is 6. The van der Waals surface area contributed by atoms with Crippen molar-refractivity contribution >= 4 is 39.7 Å². The first-order valence-electron chi connectivity index (χ1n) is 19.7. The van der Waals surface area contributed by atoms with Crippen molar-refractivity contribution in [1.29, 1.82) is 0 Å². The summed E-state index contributed by atoms with van der Waals surface area (Å²) in [4.78, 5) is 64.8. The third kappa shape index (κ3) is 8.63. The summed E-state index contributed by atoms with van der Waals surface area (Å²) in [7, 11) is 2.17. The second-order valence-corrected chi connectivity index (χ2v) is 15.4. The highest BCUT2D eigenvalue weighted by Gasteiger charge is 2.34. The summed E-state index contributed by atoms with van der Waals surface area (Å²) in [5.74, 6) is -0.281. The molecule has 0 saturated carbocycles. The van der Waals surface area contributed by atoms with Crippen molar-refractivity contribution in [3.05, 3.63) is 75.7 Å². The van der Waals surface area contributed by atoms with E-state index in [1.165, 1.54) is 0 Å². The Morgan fingerprint density at radius 2 is 1.67 bits per heavy atom. The van der Waals surface area contributed by atoms with Gasteiger partial charge < -0.3 is 29.7 Å². The maximum Gasteiger partial charge on any atom is 0.318 e. The summed E-state index contributed by atoms with van der Waals surface area (Å²) >= 11 is 0. The molecule has 3 aliphatic rings. The largest absolute Gasteiger partial charge is 0.442 e. The molecule has 3 saturated heterocycles. The first-order chi connectivity index (χ1) is 26.1. The molecule has 2 aromatic carbocycles. The number of para-hydroxylation sites is 1. The molecule has 3 aliphatic heterocycles. The molecule has 5 heterocycles. The van der Waals surface area contributed by atoms with Gasteiger partial charge in [-0.2, -0.15) is 5.10 Å². The number of carbonyl (C=O) groups excluding carboxylic acids is 3.